The van der Waals surface area contributed by atoms with Crippen LogP contribution in [-0.2, 0) is 17.3 Å². The number of nitrogens with two attached hydrogens (primary N) is 1. The predicted molar refractivity (Wildman–Crippen MR) is 66.1 cm³/mol. The second-order valence-electron chi connectivity index (χ2n) is 3.90. The number of nitrogens with zero attached hydrogens (tertiary/aromatic N) is 3. The van der Waals surface area contributed by atoms with E-state index in [-0.39, 0.29) is 5.91 Å². The van der Waals surface area contributed by atoms with Crippen molar-refractivity contribution in [2.45, 2.75) is 13.5 Å². The fraction of sp³-hybridized carbons (Fsp3) is 0.600. The summed E-state index contributed by atoms with van der Waals surface area (Å²) in [7, 11) is -0.784. The fourth-order valence-corrected chi connectivity index (χ4v) is 2.92. The Kier molecular flexibility index (Phi) is 3.46. The lowest BCUT2D eigenvalue weighted by atomic mass is 10.3. The normalized spacial score (nSPS) is 17.4. The van der Waals surface area contributed by atoms with Crippen LogP contribution in [0.2, 0.25) is 0 Å². The van der Waals surface area contributed by atoms with Crippen molar-refractivity contribution in [3.05, 3.63) is 11.9 Å². The number of rotatable bonds is 2. The van der Waals surface area contributed by atoms with E-state index in [2.05, 4.69) is 5.10 Å². The minimum atomic E-state index is -0.784. The third kappa shape index (κ3) is 2.33. The van der Waals surface area contributed by atoms with Gasteiger partial charge >= 0.3 is 0 Å². The van der Waals surface area contributed by atoms with Gasteiger partial charge in [0.2, 0.25) is 0 Å². The van der Waals surface area contributed by atoms with Gasteiger partial charge in [0, 0.05) is 41.9 Å². The number of aromatic nitrogens is 2. The largest absolute Gasteiger partial charge is 0.396 e. The van der Waals surface area contributed by atoms with Crippen LogP contribution in [0.5, 0.6) is 0 Å². The Hall–Kier alpha value is -1.37. The van der Waals surface area contributed by atoms with Gasteiger partial charge in [0.1, 0.15) is 5.69 Å². The van der Waals surface area contributed by atoms with Crippen molar-refractivity contribution in [1.82, 2.24) is 14.7 Å². The van der Waals surface area contributed by atoms with Gasteiger partial charge in [0.05, 0.1) is 11.9 Å². The molecule has 2 heterocycles. The standard InChI is InChI=1S/C10H16N4O2S/c1-2-14-9(8(11)7-12-14)10(15)13-3-5-17(16)6-4-13/h7H,2-6,11H2,1H3. The number of hydrogen-bond donors (Lipinski definition) is 1. The van der Waals surface area contributed by atoms with E-state index < -0.39 is 10.8 Å². The SMILES string of the molecule is CCn1ncc(N)c1C(=O)N1CCS(=O)CC1. The molecule has 1 aliphatic heterocycles. The zero-order chi connectivity index (χ0) is 12.4. The average molecular weight is 256 g/mol. The molecule has 0 radical (unpaired) electrons. The van der Waals surface area contributed by atoms with E-state index in [4.69, 9.17) is 5.73 Å². The first-order valence-corrected chi connectivity index (χ1v) is 7.07. The summed E-state index contributed by atoms with van der Waals surface area (Å²) >= 11 is 0. The molecule has 0 atom stereocenters. The summed E-state index contributed by atoms with van der Waals surface area (Å²) in [5.41, 5.74) is 6.61. The highest BCUT2D eigenvalue weighted by molar-refractivity contribution is 7.85. The zero-order valence-corrected chi connectivity index (χ0v) is 10.6. The number of amides is 1. The first-order chi connectivity index (χ1) is 8.13. The summed E-state index contributed by atoms with van der Waals surface area (Å²) in [6.07, 6.45) is 1.50. The highest BCUT2D eigenvalue weighted by Crippen LogP contribution is 2.15. The molecule has 0 aromatic carbocycles. The number of aryl methyl sites for hydroxylation is 1. The number of carbonyl (C=O) groups excluding carboxylic acids is 1. The van der Waals surface area contributed by atoms with Gasteiger partial charge in [0.15, 0.2) is 0 Å². The van der Waals surface area contributed by atoms with Gasteiger partial charge in [-0.15, -0.1) is 0 Å². The summed E-state index contributed by atoms with van der Waals surface area (Å²) < 4.78 is 12.8. The topological polar surface area (TPSA) is 81.2 Å². The molecule has 0 saturated carbocycles. The van der Waals surface area contributed by atoms with E-state index >= 15 is 0 Å². The molecule has 1 saturated heterocycles. The lowest BCUT2D eigenvalue weighted by Crippen LogP contribution is -2.42. The molecule has 1 amide bonds. The molecule has 94 valence electrons. The van der Waals surface area contributed by atoms with Crippen molar-refractivity contribution in [3.63, 3.8) is 0 Å². The Labute approximate surface area is 102 Å². The van der Waals surface area contributed by atoms with Gasteiger partial charge in [0.25, 0.3) is 5.91 Å². The Morgan fingerprint density at radius 2 is 2.18 bits per heavy atom. The minimum absolute atomic E-state index is 0.112. The molecule has 0 aliphatic carbocycles. The highest BCUT2D eigenvalue weighted by atomic mass is 32.2. The molecule has 7 heteroatoms. The molecule has 0 unspecified atom stereocenters. The first-order valence-electron chi connectivity index (χ1n) is 5.59. The smallest absolute Gasteiger partial charge is 0.274 e. The van der Waals surface area contributed by atoms with Crippen molar-refractivity contribution in [3.8, 4) is 0 Å². The predicted octanol–water partition coefficient (Wildman–Crippen LogP) is -0.310. The summed E-state index contributed by atoms with van der Waals surface area (Å²) in [5.74, 6) is 0.983. The maximum atomic E-state index is 12.3. The molecule has 17 heavy (non-hydrogen) atoms. The second kappa shape index (κ2) is 4.87. The third-order valence-corrected chi connectivity index (χ3v) is 4.11. The average Bonchev–Trinajstić information content (AvgIpc) is 2.70. The Balaban J connectivity index is 2.19. The molecular formula is C10H16N4O2S. The number of carbonyl (C=O) groups is 1. The van der Waals surface area contributed by atoms with Gasteiger partial charge in [-0.1, -0.05) is 0 Å². The molecule has 6 nitrogen and oxygen atoms in total. The van der Waals surface area contributed by atoms with Gasteiger partial charge < -0.3 is 10.6 Å². The molecule has 2 rings (SSSR count). The van der Waals surface area contributed by atoms with Crippen LogP contribution in [0.15, 0.2) is 6.20 Å². The van der Waals surface area contributed by atoms with E-state index in [1.807, 2.05) is 6.92 Å². The maximum Gasteiger partial charge on any atom is 0.274 e. The Morgan fingerprint density at radius 3 is 2.76 bits per heavy atom. The fourth-order valence-electron chi connectivity index (χ4n) is 1.86. The van der Waals surface area contributed by atoms with Crippen LogP contribution in [0, 0.1) is 0 Å². The van der Waals surface area contributed by atoms with Crippen LogP contribution in [-0.4, -0.2) is 49.4 Å². The van der Waals surface area contributed by atoms with E-state index in [1.54, 1.807) is 9.58 Å². The van der Waals surface area contributed by atoms with Crippen LogP contribution in [0.4, 0.5) is 5.69 Å². The molecule has 1 fully saturated rings. The molecule has 1 aliphatic rings. The van der Waals surface area contributed by atoms with Gasteiger partial charge in [-0.05, 0) is 6.92 Å². The van der Waals surface area contributed by atoms with Crippen LogP contribution in [0.1, 0.15) is 17.4 Å². The lowest BCUT2D eigenvalue weighted by molar-refractivity contribution is 0.0760. The molecule has 1 aromatic heterocycles. The van der Waals surface area contributed by atoms with E-state index in [9.17, 15) is 9.00 Å². The van der Waals surface area contributed by atoms with E-state index in [0.29, 0.717) is 42.5 Å². The molecule has 0 bridgehead atoms. The van der Waals surface area contributed by atoms with Crippen molar-refractivity contribution < 1.29 is 9.00 Å². The van der Waals surface area contributed by atoms with Gasteiger partial charge in [-0.2, -0.15) is 5.10 Å². The van der Waals surface area contributed by atoms with Gasteiger partial charge in [-0.25, -0.2) is 0 Å². The second-order valence-corrected chi connectivity index (χ2v) is 5.60. The minimum Gasteiger partial charge on any atom is -0.396 e. The van der Waals surface area contributed by atoms with Gasteiger partial charge in [-0.3, -0.25) is 13.7 Å². The number of anilines is 1. The summed E-state index contributed by atoms with van der Waals surface area (Å²) in [6.45, 7) is 3.58. The van der Waals surface area contributed by atoms with E-state index in [0.717, 1.165) is 0 Å². The molecule has 0 spiro atoms. The molecule has 2 N–H and O–H groups in total. The highest BCUT2D eigenvalue weighted by Gasteiger charge is 2.25. The van der Waals surface area contributed by atoms with Crippen LogP contribution >= 0.6 is 0 Å². The molecule has 1 aromatic rings. The monoisotopic (exact) mass is 256 g/mol. The Morgan fingerprint density at radius 1 is 1.53 bits per heavy atom. The van der Waals surface area contributed by atoms with Crippen molar-refractivity contribution in [1.29, 1.82) is 0 Å². The van der Waals surface area contributed by atoms with Crippen LogP contribution in [0.25, 0.3) is 0 Å². The summed E-state index contributed by atoms with van der Waals surface area (Å²) in [6, 6.07) is 0. The summed E-state index contributed by atoms with van der Waals surface area (Å²) in [4.78, 5) is 13.9. The van der Waals surface area contributed by atoms with Crippen molar-refractivity contribution >= 4 is 22.4 Å². The van der Waals surface area contributed by atoms with Crippen LogP contribution < -0.4 is 5.73 Å². The van der Waals surface area contributed by atoms with Crippen LogP contribution in [0.3, 0.4) is 0 Å². The van der Waals surface area contributed by atoms with Crippen molar-refractivity contribution in [2.24, 2.45) is 0 Å². The lowest BCUT2D eigenvalue weighted by Gasteiger charge is -2.26. The number of nitrogen functional groups attached to an aromatic ring is 1. The summed E-state index contributed by atoms with van der Waals surface area (Å²) in [5, 5.41) is 4.05. The molecular weight excluding hydrogens is 240 g/mol. The number of hydrogen-bond acceptors (Lipinski definition) is 4. The zero-order valence-electron chi connectivity index (χ0n) is 9.76. The van der Waals surface area contributed by atoms with Crippen molar-refractivity contribution in [2.75, 3.05) is 30.3 Å². The van der Waals surface area contributed by atoms with E-state index in [1.165, 1.54) is 6.20 Å². The maximum absolute atomic E-state index is 12.3. The first kappa shape index (κ1) is 12.1. The Bertz CT molecular complexity index is 447. The quantitative estimate of drug-likeness (QED) is 0.787. The third-order valence-electron chi connectivity index (χ3n) is 2.83.